The second-order valence-electron chi connectivity index (χ2n) is 2.83. The van der Waals surface area contributed by atoms with Crippen LogP contribution in [0.3, 0.4) is 0 Å². The van der Waals surface area contributed by atoms with Crippen molar-refractivity contribution < 1.29 is 30.9 Å². The maximum Gasteiger partial charge on any atom is 0.422 e. The van der Waals surface area contributed by atoms with Gasteiger partial charge in [-0.3, -0.25) is 0 Å². The van der Waals surface area contributed by atoms with E-state index >= 15 is 0 Å². The zero-order valence-electron chi connectivity index (χ0n) is 7.69. The fraction of sp³-hybridized carbons (Fsp3) is 0.250. The van der Waals surface area contributed by atoms with Crippen molar-refractivity contribution >= 4 is 10.1 Å². The summed E-state index contributed by atoms with van der Waals surface area (Å²) in [5.74, 6) is -0.162. The Labute approximate surface area is 89.4 Å². The molecule has 0 bridgehead atoms. The van der Waals surface area contributed by atoms with Gasteiger partial charge in [-0.2, -0.15) is 13.2 Å². The lowest BCUT2D eigenvalue weighted by Crippen LogP contribution is -2.19. The molecule has 0 aliphatic heterocycles. The Morgan fingerprint density at radius 1 is 1.19 bits per heavy atom. The van der Waals surface area contributed by atoms with Crippen LogP contribution in [0.25, 0.3) is 0 Å². The Morgan fingerprint density at radius 3 is 2.06 bits per heavy atom. The minimum atomic E-state index is -4.59. The van der Waals surface area contributed by atoms with E-state index in [0.29, 0.717) is 0 Å². The SMILES string of the molecule is O=S(=O)([O-])c1ccc(OCC(F)(F)F)cc1. The quantitative estimate of drug-likeness (QED) is 0.768. The summed E-state index contributed by atoms with van der Waals surface area (Å²) in [5.41, 5.74) is 0. The summed E-state index contributed by atoms with van der Waals surface area (Å²) < 4.78 is 71.0. The summed E-state index contributed by atoms with van der Waals surface area (Å²) in [7, 11) is -4.59. The van der Waals surface area contributed by atoms with Gasteiger partial charge in [0.1, 0.15) is 15.9 Å². The van der Waals surface area contributed by atoms with Crippen molar-refractivity contribution in [1.29, 1.82) is 0 Å². The molecule has 0 heterocycles. The highest BCUT2D eigenvalue weighted by molar-refractivity contribution is 7.85. The van der Waals surface area contributed by atoms with Gasteiger partial charge >= 0.3 is 6.18 Å². The van der Waals surface area contributed by atoms with Crippen LogP contribution in [0, 0.1) is 0 Å². The minimum Gasteiger partial charge on any atom is -0.744 e. The van der Waals surface area contributed by atoms with Crippen LogP contribution in [-0.2, 0) is 10.1 Å². The van der Waals surface area contributed by atoms with Crippen LogP contribution >= 0.6 is 0 Å². The molecule has 0 amide bonds. The van der Waals surface area contributed by atoms with E-state index in [-0.39, 0.29) is 5.75 Å². The van der Waals surface area contributed by atoms with E-state index < -0.39 is 27.8 Å². The van der Waals surface area contributed by atoms with Crippen LogP contribution in [0.2, 0.25) is 0 Å². The number of rotatable bonds is 3. The second kappa shape index (κ2) is 4.30. The van der Waals surface area contributed by atoms with Crippen LogP contribution in [-0.4, -0.2) is 25.8 Å². The van der Waals surface area contributed by atoms with Gasteiger partial charge in [0.05, 0.1) is 4.90 Å². The molecule has 0 saturated carbocycles. The van der Waals surface area contributed by atoms with Gasteiger partial charge in [0.2, 0.25) is 0 Å². The largest absolute Gasteiger partial charge is 0.744 e. The van der Waals surface area contributed by atoms with Crippen LogP contribution in [0.5, 0.6) is 5.75 Å². The van der Waals surface area contributed by atoms with Gasteiger partial charge in [0, 0.05) is 0 Å². The van der Waals surface area contributed by atoms with Gasteiger partial charge in [-0.05, 0) is 24.3 Å². The average molecular weight is 255 g/mol. The Hall–Kier alpha value is -1.28. The molecule has 1 aromatic rings. The molecule has 0 atom stereocenters. The maximum absolute atomic E-state index is 11.7. The number of benzene rings is 1. The predicted molar refractivity (Wildman–Crippen MR) is 46.0 cm³/mol. The summed E-state index contributed by atoms with van der Waals surface area (Å²) in [6, 6.07) is 3.73. The van der Waals surface area contributed by atoms with E-state index in [1.807, 2.05) is 0 Å². The monoisotopic (exact) mass is 255 g/mol. The van der Waals surface area contributed by atoms with Gasteiger partial charge < -0.3 is 9.29 Å². The zero-order valence-corrected chi connectivity index (χ0v) is 8.51. The second-order valence-corrected chi connectivity index (χ2v) is 4.21. The first-order chi connectivity index (χ1) is 7.18. The molecule has 0 spiro atoms. The van der Waals surface area contributed by atoms with Gasteiger partial charge in [-0.15, -0.1) is 0 Å². The number of ether oxygens (including phenoxy) is 1. The van der Waals surface area contributed by atoms with Crippen molar-refractivity contribution in [2.75, 3.05) is 6.61 Å². The first-order valence-electron chi connectivity index (χ1n) is 3.94. The normalized spacial score (nSPS) is 12.5. The fourth-order valence-electron chi connectivity index (χ4n) is 0.868. The molecule has 0 aliphatic carbocycles. The van der Waals surface area contributed by atoms with Crippen LogP contribution in [0.15, 0.2) is 29.2 Å². The molecule has 8 heteroatoms. The Kier molecular flexibility index (Phi) is 3.44. The van der Waals surface area contributed by atoms with E-state index in [4.69, 9.17) is 0 Å². The first-order valence-corrected chi connectivity index (χ1v) is 5.35. The lowest BCUT2D eigenvalue weighted by molar-refractivity contribution is -0.153. The molecule has 0 saturated heterocycles. The molecule has 0 radical (unpaired) electrons. The third-order valence-corrected chi connectivity index (χ3v) is 2.36. The van der Waals surface area contributed by atoms with Crippen molar-refractivity contribution in [3.05, 3.63) is 24.3 Å². The number of hydrogen-bond donors (Lipinski definition) is 0. The molecule has 4 nitrogen and oxygen atoms in total. The highest BCUT2D eigenvalue weighted by Crippen LogP contribution is 2.19. The fourth-order valence-corrected chi connectivity index (χ4v) is 1.34. The number of hydrogen-bond acceptors (Lipinski definition) is 4. The maximum atomic E-state index is 11.7. The van der Waals surface area contributed by atoms with Crippen LogP contribution in [0.4, 0.5) is 13.2 Å². The Bertz CT molecular complexity index is 449. The molecule has 16 heavy (non-hydrogen) atoms. The predicted octanol–water partition coefficient (Wildman–Crippen LogP) is 1.53. The zero-order chi connectivity index (χ0) is 12.4. The summed E-state index contributed by atoms with van der Waals surface area (Å²) >= 11 is 0. The molecule has 0 N–H and O–H groups in total. The van der Waals surface area contributed by atoms with E-state index in [1.54, 1.807) is 0 Å². The molecule has 1 rings (SSSR count). The standard InChI is InChI=1S/C8H7F3O4S/c9-8(10,11)5-15-6-1-3-7(4-2-6)16(12,13)14/h1-4H,5H2,(H,12,13,14)/p-1. The molecule has 1 aromatic carbocycles. The van der Waals surface area contributed by atoms with Crippen molar-refractivity contribution in [2.24, 2.45) is 0 Å². The minimum absolute atomic E-state index is 0.162. The van der Waals surface area contributed by atoms with E-state index in [0.717, 1.165) is 24.3 Å². The van der Waals surface area contributed by atoms with Gasteiger partial charge in [0.15, 0.2) is 6.61 Å². The lowest BCUT2D eigenvalue weighted by atomic mass is 10.3. The third-order valence-electron chi connectivity index (χ3n) is 1.51. The van der Waals surface area contributed by atoms with Gasteiger partial charge in [-0.25, -0.2) is 8.42 Å². The highest BCUT2D eigenvalue weighted by atomic mass is 32.2. The molecule has 0 aliphatic rings. The molecular formula is C8H6F3O4S-. The Balaban J connectivity index is 2.73. The third kappa shape index (κ3) is 4.07. The summed E-state index contributed by atoms with van der Waals surface area (Å²) in [6.07, 6.45) is -4.47. The van der Waals surface area contributed by atoms with E-state index in [9.17, 15) is 26.1 Å². The van der Waals surface area contributed by atoms with Crippen molar-refractivity contribution in [1.82, 2.24) is 0 Å². The van der Waals surface area contributed by atoms with E-state index in [2.05, 4.69) is 4.74 Å². The van der Waals surface area contributed by atoms with Crippen LogP contribution < -0.4 is 4.74 Å². The highest BCUT2D eigenvalue weighted by Gasteiger charge is 2.28. The lowest BCUT2D eigenvalue weighted by Gasteiger charge is -2.10. The van der Waals surface area contributed by atoms with Crippen molar-refractivity contribution in [3.63, 3.8) is 0 Å². The number of halogens is 3. The van der Waals surface area contributed by atoms with E-state index in [1.165, 1.54) is 0 Å². The molecule has 90 valence electrons. The van der Waals surface area contributed by atoms with Crippen molar-refractivity contribution in [2.45, 2.75) is 11.1 Å². The molecule has 0 unspecified atom stereocenters. The van der Waals surface area contributed by atoms with Crippen molar-refractivity contribution in [3.8, 4) is 5.75 Å². The molecular weight excluding hydrogens is 249 g/mol. The Morgan fingerprint density at radius 2 is 1.69 bits per heavy atom. The summed E-state index contributed by atoms with van der Waals surface area (Å²) in [4.78, 5) is -0.521. The molecule has 0 aromatic heterocycles. The van der Waals surface area contributed by atoms with Gasteiger partial charge in [-0.1, -0.05) is 0 Å². The van der Waals surface area contributed by atoms with Crippen LogP contribution in [0.1, 0.15) is 0 Å². The number of alkyl halides is 3. The smallest absolute Gasteiger partial charge is 0.422 e. The first kappa shape index (κ1) is 12.8. The summed E-state index contributed by atoms with van der Waals surface area (Å²) in [5, 5.41) is 0. The topological polar surface area (TPSA) is 66.4 Å². The van der Waals surface area contributed by atoms with Gasteiger partial charge in [0.25, 0.3) is 0 Å². The summed E-state index contributed by atoms with van der Waals surface area (Å²) in [6.45, 7) is -1.48. The average Bonchev–Trinajstić information content (AvgIpc) is 2.13. The molecule has 0 fully saturated rings.